The smallest absolute Gasteiger partial charge is 2.00 e. The van der Waals surface area contributed by atoms with Gasteiger partial charge in [0.15, 0.2) is 0 Å². The molecule has 0 unspecified atom stereocenters. The minimum absolute atomic E-state index is 0. The van der Waals surface area contributed by atoms with Crippen LogP contribution in [-0.4, -0.2) is 34.7 Å². The molecule has 7 heavy (non-hydrogen) atoms. The van der Waals surface area contributed by atoms with Gasteiger partial charge in [-0.2, -0.15) is 0 Å². The molecule has 0 N–H and O–H groups in total. The van der Waals surface area contributed by atoms with E-state index in [1.54, 1.807) is 0 Å². The Kier molecular flexibility index (Phi) is 2610. The largest absolute Gasteiger partial charge is 3.00 e. The van der Waals surface area contributed by atoms with Crippen LogP contribution < -0.4 is 0 Å². The zero-order valence-electron chi connectivity index (χ0n) is 3.27. The van der Waals surface area contributed by atoms with E-state index in [4.69, 9.17) is 0 Å². The van der Waals surface area contributed by atoms with Crippen molar-refractivity contribution in [3.8, 4) is 0 Å². The summed E-state index contributed by atoms with van der Waals surface area (Å²) < 4.78 is 0. The van der Waals surface area contributed by atoms with Crippen molar-refractivity contribution in [1.29, 1.82) is 0 Å². The van der Waals surface area contributed by atoms with Crippen molar-refractivity contribution in [3.63, 3.8) is 0 Å². The molecule has 0 aliphatic rings. The average Bonchev–Trinajstić information content (AvgIpc) is 0. The number of hydrogen-bond acceptors (Lipinski definition) is 0. The van der Waals surface area contributed by atoms with Crippen LogP contribution in [0.1, 0.15) is 0 Å². The zero-order chi connectivity index (χ0) is 0. The van der Waals surface area contributed by atoms with Crippen molar-refractivity contribution in [2.75, 3.05) is 0 Å². The van der Waals surface area contributed by atoms with Crippen LogP contribution in [0, 0.1) is 0 Å². The zero-order valence-corrected chi connectivity index (χ0v) is 7.37. The fourth-order valence-corrected chi connectivity index (χ4v) is 0. The van der Waals surface area contributed by atoms with E-state index in [1.165, 1.54) is 0 Å². The molecule has 0 amide bonds. The molecular weight excluding hydrogens is 164 g/mol. The second-order valence-electron chi connectivity index (χ2n) is 0. The summed E-state index contributed by atoms with van der Waals surface area (Å²) in [6.07, 6.45) is 0. The summed E-state index contributed by atoms with van der Waals surface area (Å²) in [4.78, 5) is 0. The first-order valence-corrected chi connectivity index (χ1v) is 0. The molecular formula is Al2O3P2. The number of hydrogen-bond donors (Lipinski definition) is 0. The third kappa shape index (κ3) is 80.7. The predicted octanol–water partition coefficient (Wildman–Crippen LogP) is 0.604. The summed E-state index contributed by atoms with van der Waals surface area (Å²) in [6, 6.07) is 0. The molecule has 3 nitrogen and oxygen atoms in total. The van der Waals surface area contributed by atoms with Gasteiger partial charge in [-0.05, 0) is 0 Å². The van der Waals surface area contributed by atoms with Gasteiger partial charge in [0.05, 0.1) is 0 Å². The fraction of sp³-hybridized carbons (Fsp3) is 0. The summed E-state index contributed by atoms with van der Waals surface area (Å²) in [7, 11) is 0. The van der Waals surface area contributed by atoms with Crippen molar-refractivity contribution in [1.82, 2.24) is 0 Å². The molecule has 0 spiro atoms. The van der Waals surface area contributed by atoms with E-state index in [1.807, 2.05) is 0 Å². The summed E-state index contributed by atoms with van der Waals surface area (Å²) >= 11 is 0. The van der Waals surface area contributed by atoms with Gasteiger partial charge in [0.2, 0.25) is 0 Å². The number of rotatable bonds is 0. The summed E-state index contributed by atoms with van der Waals surface area (Å²) in [5.41, 5.74) is 0. The van der Waals surface area contributed by atoms with Crippen LogP contribution in [0.2, 0.25) is 0 Å². The van der Waals surface area contributed by atoms with Gasteiger partial charge in [-0.1, -0.05) is 0 Å². The molecule has 7 heteroatoms. The maximum atomic E-state index is 0. The predicted molar refractivity (Wildman–Crippen MR) is 27.4 cm³/mol. The van der Waals surface area contributed by atoms with Crippen LogP contribution >= 0.6 is 19.8 Å². The average molecular weight is 164 g/mol. The molecule has 0 bridgehead atoms. The minimum Gasteiger partial charge on any atom is -2.00 e. The van der Waals surface area contributed by atoms with Gasteiger partial charge < -0.3 is 16.4 Å². The van der Waals surface area contributed by atoms with Crippen LogP contribution in [0.25, 0.3) is 0 Å². The SMILES string of the molecule is [Al+3].[Al+3].[O-2].[O-2].[O-2].[P].[P]. The van der Waals surface area contributed by atoms with Crippen molar-refractivity contribution in [2.24, 2.45) is 0 Å². The third-order valence-electron chi connectivity index (χ3n) is 0. The molecule has 0 aliphatic heterocycles. The van der Waals surface area contributed by atoms with Gasteiger partial charge in [-0.15, -0.1) is 0 Å². The van der Waals surface area contributed by atoms with Crippen molar-refractivity contribution in [2.45, 2.75) is 0 Å². The fourth-order valence-electron chi connectivity index (χ4n) is 0. The van der Waals surface area contributed by atoms with Crippen LogP contribution in [-0.2, 0) is 16.4 Å². The van der Waals surface area contributed by atoms with Crippen LogP contribution in [0.15, 0.2) is 0 Å². The standard InChI is InChI=1S/2Al.3O.2P/q2*+3;3*-2;;. The molecule has 0 aromatic carbocycles. The van der Waals surface area contributed by atoms with Gasteiger partial charge in [0.25, 0.3) is 0 Å². The van der Waals surface area contributed by atoms with Gasteiger partial charge in [-0.3, -0.25) is 0 Å². The summed E-state index contributed by atoms with van der Waals surface area (Å²) in [5.74, 6) is 0. The Labute approximate surface area is 71.1 Å². The normalized spacial score (nSPS) is 0. The molecule has 0 fully saturated rings. The summed E-state index contributed by atoms with van der Waals surface area (Å²) in [6.45, 7) is 0. The summed E-state index contributed by atoms with van der Waals surface area (Å²) in [5, 5.41) is 0. The first kappa shape index (κ1) is 165. The van der Waals surface area contributed by atoms with E-state index in [2.05, 4.69) is 0 Å². The van der Waals surface area contributed by atoms with Gasteiger partial charge in [-0.25, -0.2) is 0 Å². The van der Waals surface area contributed by atoms with Crippen LogP contribution in [0.4, 0.5) is 0 Å². The molecule has 0 aromatic heterocycles. The first-order chi connectivity index (χ1) is 0. The van der Waals surface area contributed by atoms with Gasteiger partial charge in [0.1, 0.15) is 0 Å². The Balaban J connectivity index is 0. The molecule has 0 rings (SSSR count). The van der Waals surface area contributed by atoms with Crippen molar-refractivity contribution < 1.29 is 16.4 Å². The topological polar surface area (TPSA) is 85.5 Å². The van der Waals surface area contributed by atoms with E-state index >= 15 is 0 Å². The molecule has 0 heterocycles. The molecule has 0 atom stereocenters. The maximum Gasteiger partial charge on any atom is 3.00 e. The molecule has 0 aromatic rings. The molecule has 0 aliphatic carbocycles. The van der Waals surface area contributed by atoms with E-state index in [0.717, 1.165) is 0 Å². The van der Waals surface area contributed by atoms with Crippen molar-refractivity contribution in [3.05, 3.63) is 0 Å². The third-order valence-corrected chi connectivity index (χ3v) is 0. The van der Waals surface area contributed by atoms with E-state index < -0.39 is 0 Å². The molecule has 0 saturated carbocycles. The van der Waals surface area contributed by atoms with E-state index in [9.17, 15) is 0 Å². The first-order valence-electron chi connectivity index (χ1n) is 0. The second-order valence-corrected chi connectivity index (χ2v) is 0. The van der Waals surface area contributed by atoms with Gasteiger partial charge in [0, 0.05) is 19.8 Å². The van der Waals surface area contributed by atoms with Crippen LogP contribution in [0.5, 0.6) is 0 Å². The Morgan fingerprint density at radius 2 is 0.429 bits per heavy atom. The minimum atomic E-state index is 0. The Bertz CT molecular complexity index is 10.9. The second kappa shape index (κ2) is 111. The van der Waals surface area contributed by atoms with Crippen molar-refractivity contribution >= 4 is 54.5 Å². The maximum absolute atomic E-state index is 0. The van der Waals surface area contributed by atoms with Crippen LogP contribution in [0.3, 0.4) is 0 Å². The van der Waals surface area contributed by atoms with E-state index in [-0.39, 0.29) is 70.9 Å². The van der Waals surface area contributed by atoms with E-state index in [0.29, 0.717) is 0 Å². The quantitative estimate of drug-likeness (QED) is 0.370. The van der Waals surface area contributed by atoms with Gasteiger partial charge >= 0.3 is 34.7 Å². The molecule has 0 saturated heterocycles. The Hall–Kier alpha value is 1.80. The molecule has 34 valence electrons. The Morgan fingerprint density at radius 3 is 0.429 bits per heavy atom. The monoisotopic (exact) mass is 164 g/mol. The molecule has 6 radical (unpaired) electrons. The Morgan fingerprint density at radius 1 is 0.429 bits per heavy atom.